The van der Waals surface area contributed by atoms with Crippen LogP contribution in [0.3, 0.4) is 0 Å². The van der Waals surface area contributed by atoms with E-state index < -0.39 is 6.10 Å². The van der Waals surface area contributed by atoms with Crippen molar-refractivity contribution in [2.45, 2.75) is 52.6 Å². The molecule has 0 fully saturated rings. The highest BCUT2D eigenvalue weighted by atomic mass is 16.3. The summed E-state index contributed by atoms with van der Waals surface area (Å²) >= 11 is 0. The standard InChI is InChI=1S/C29H35N3O/c1-20-16-21(2)18-25(17-20)29-26(27-19-24(22(3)33)7-8-28(27)32-29)11-15-30-12-5-4-6-23-9-13-31-14-10-23/h7-10,13-14,16-19,22,30,32-33H,4-6,11-12,15H2,1-3H3. The van der Waals surface area contributed by atoms with Crippen LogP contribution in [-0.2, 0) is 12.8 Å². The largest absolute Gasteiger partial charge is 0.389 e. The fourth-order valence-electron chi connectivity index (χ4n) is 4.62. The number of fused-ring (bicyclic) bond motifs is 1. The Bertz CT molecular complexity index is 1170. The molecule has 0 bridgehead atoms. The lowest BCUT2D eigenvalue weighted by Gasteiger charge is -2.10. The second-order valence-corrected chi connectivity index (χ2v) is 9.15. The first-order chi connectivity index (χ1) is 16.0. The van der Waals surface area contributed by atoms with Crippen LogP contribution >= 0.6 is 0 Å². The fraction of sp³-hybridized carbons (Fsp3) is 0.345. The summed E-state index contributed by atoms with van der Waals surface area (Å²) in [4.78, 5) is 7.75. The summed E-state index contributed by atoms with van der Waals surface area (Å²) in [6, 6.07) is 17.2. The van der Waals surface area contributed by atoms with E-state index in [4.69, 9.17) is 0 Å². The smallest absolute Gasteiger partial charge is 0.0762 e. The molecular weight excluding hydrogens is 406 g/mol. The van der Waals surface area contributed by atoms with E-state index in [0.29, 0.717) is 0 Å². The van der Waals surface area contributed by atoms with Crippen LogP contribution in [0.15, 0.2) is 60.9 Å². The van der Waals surface area contributed by atoms with E-state index >= 15 is 0 Å². The van der Waals surface area contributed by atoms with Gasteiger partial charge in [-0.2, -0.15) is 0 Å². The Morgan fingerprint density at radius 1 is 0.909 bits per heavy atom. The number of nitrogens with one attached hydrogen (secondary N) is 2. The highest BCUT2D eigenvalue weighted by molar-refractivity contribution is 5.91. The van der Waals surface area contributed by atoms with Crippen molar-refractivity contribution in [3.63, 3.8) is 0 Å². The van der Waals surface area contributed by atoms with Gasteiger partial charge in [0, 0.05) is 29.0 Å². The van der Waals surface area contributed by atoms with Crippen LogP contribution in [0.4, 0.5) is 0 Å². The van der Waals surface area contributed by atoms with Gasteiger partial charge in [-0.3, -0.25) is 4.98 Å². The Morgan fingerprint density at radius 2 is 1.67 bits per heavy atom. The molecule has 2 aromatic carbocycles. The van der Waals surface area contributed by atoms with E-state index in [1.165, 1.54) is 45.3 Å². The van der Waals surface area contributed by atoms with E-state index in [1.54, 1.807) is 0 Å². The number of aliphatic hydroxyl groups excluding tert-OH is 1. The van der Waals surface area contributed by atoms with Gasteiger partial charge in [-0.05, 0) is 118 Å². The number of aromatic nitrogens is 2. The van der Waals surface area contributed by atoms with Crippen molar-refractivity contribution in [1.29, 1.82) is 0 Å². The lowest BCUT2D eigenvalue weighted by atomic mass is 9.98. The number of hydrogen-bond donors (Lipinski definition) is 3. The SMILES string of the molecule is Cc1cc(C)cc(-c2[nH]c3ccc(C(C)O)cc3c2CCNCCCCc2ccncc2)c1. The molecule has 0 radical (unpaired) electrons. The number of hydrogen-bond acceptors (Lipinski definition) is 3. The van der Waals surface area contributed by atoms with Crippen LogP contribution in [0.2, 0.25) is 0 Å². The molecule has 1 unspecified atom stereocenters. The average molecular weight is 442 g/mol. The minimum atomic E-state index is -0.472. The number of H-pyrrole nitrogens is 1. The minimum Gasteiger partial charge on any atom is -0.389 e. The van der Waals surface area contributed by atoms with Gasteiger partial charge >= 0.3 is 0 Å². The van der Waals surface area contributed by atoms with Crippen LogP contribution < -0.4 is 5.32 Å². The summed E-state index contributed by atoms with van der Waals surface area (Å²) < 4.78 is 0. The van der Waals surface area contributed by atoms with Crippen LogP contribution in [0.5, 0.6) is 0 Å². The number of nitrogens with zero attached hydrogens (tertiary/aromatic N) is 1. The maximum Gasteiger partial charge on any atom is 0.0762 e. The zero-order valence-corrected chi connectivity index (χ0v) is 20.0. The van der Waals surface area contributed by atoms with Crippen molar-refractivity contribution in [3.8, 4) is 11.3 Å². The molecule has 0 saturated heterocycles. The van der Waals surface area contributed by atoms with E-state index in [-0.39, 0.29) is 0 Å². The molecule has 2 aromatic heterocycles. The lowest BCUT2D eigenvalue weighted by molar-refractivity contribution is 0.199. The van der Waals surface area contributed by atoms with Crippen LogP contribution in [-0.4, -0.2) is 28.2 Å². The van der Waals surface area contributed by atoms with Crippen molar-refractivity contribution in [1.82, 2.24) is 15.3 Å². The quantitative estimate of drug-likeness (QED) is 0.262. The third-order valence-corrected chi connectivity index (χ3v) is 6.29. The molecule has 0 spiro atoms. The van der Waals surface area contributed by atoms with E-state index in [0.717, 1.165) is 43.4 Å². The first-order valence-electron chi connectivity index (χ1n) is 12.0. The van der Waals surface area contributed by atoms with Gasteiger partial charge in [-0.1, -0.05) is 23.3 Å². The molecule has 0 amide bonds. The number of aliphatic hydroxyl groups is 1. The third kappa shape index (κ3) is 5.89. The van der Waals surface area contributed by atoms with Crippen molar-refractivity contribution < 1.29 is 5.11 Å². The summed E-state index contributed by atoms with van der Waals surface area (Å²) in [5, 5.41) is 15.0. The maximum absolute atomic E-state index is 10.1. The minimum absolute atomic E-state index is 0.472. The monoisotopic (exact) mass is 441 g/mol. The first-order valence-corrected chi connectivity index (χ1v) is 12.0. The highest BCUT2D eigenvalue weighted by Crippen LogP contribution is 2.33. The molecule has 172 valence electrons. The van der Waals surface area contributed by atoms with Gasteiger partial charge < -0.3 is 15.4 Å². The molecular formula is C29H35N3O. The van der Waals surface area contributed by atoms with Crippen molar-refractivity contribution >= 4 is 10.9 Å². The highest BCUT2D eigenvalue weighted by Gasteiger charge is 2.15. The van der Waals surface area contributed by atoms with E-state index in [9.17, 15) is 5.11 Å². The average Bonchev–Trinajstić information content (AvgIpc) is 3.16. The van der Waals surface area contributed by atoms with Crippen LogP contribution in [0, 0.1) is 13.8 Å². The fourth-order valence-corrected chi connectivity index (χ4v) is 4.62. The normalized spacial score (nSPS) is 12.4. The number of pyridine rings is 1. The molecule has 4 aromatic rings. The van der Waals surface area contributed by atoms with E-state index in [1.807, 2.05) is 25.4 Å². The number of aryl methyl sites for hydroxylation is 3. The Morgan fingerprint density at radius 3 is 2.39 bits per heavy atom. The molecule has 0 saturated carbocycles. The van der Waals surface area contributed by atoms with Gasteiger partial charge in [0.1, 0.15) is 0 Å². The van der Waals surface area contributed by atoms with Gasteiger partial charge in [-0.25, -0.2) is 0 Å². The molecule has 2 heterocycles. The lowest BCUT2D eigenvalue weighted by Crippen LogP contribution is -2.18. The van der Waals surface area contributed by atoms with Crippen molar-refractivity contribution in [3.05, 3.63) is 88.7 Å². The maximum atomic E-state index is 10.1. The Hall–Kier alpha value is -2.95. The molecule has 1 atom stereocenters. The van der Waals surface area contributed by atoms with Crippen LogP contribution in [0.25, 0.3) is 22.2 Å². The predicted octanol–water partition coefficient (Wildman–Crippen LogP) is 6.06. The first kappa shape index (κ1) is 23.2. The number of benzene rings is 2. The number of unbranched alkanes of at least 4 members (excludes halogenated alkanes) is 1. The van der Waals surface area contributed by atoms with Gasteiger partial charge in [0.2, 0.25) is 0 Å². The Labute approximate surface area is 197 Å². The molecule has 4 rings (SSSR count). The second-order valence-electron chi connectivity index (χ2n) is 9.15. The molecule has 0 aliphatic carbocycles. The molecule has 33 heavy (non-hydrogen) atoms. The Balaban J connectivity index is 1.46. The summed E-state index contributed by atoms with van der Waals surface area (Å²) in [6.45, 7) is 8.08. The zero-order valence-electron chi connectivity index (χ0n) is 20.0. The van der Waals surface area contributed by atoms with Gasteiger partial charge in [0.25, 0.3) is 0 Å². The van der Waals surface area contributed by atoms with E-state index in [2.05, 4.69) is 71.6 Å². The van der Waals surface area contributed by atoms with Gasteiger partial charge in [0.15, 0.2) is 0 Å². The van der Waals surface area contributed by atoms with Gasteiger partial charge in [0.05, 0.1) is 6.10 Å². The Kier molecular flexibility index (Phi) is 7.58. The predicted molar refractivity (Wildman–Crippen MR) is 138 cm³/mol. The number of aromatic amines is 1. The molecule has 0 aliphatic heterocycles. The molecule has 4 nitrogen and oxygen atoms in total. The zero-order chi connectivity index (χ0) is 23.2. The summed E-state index contributed by atoms with van der Waals surface area (Å²) in [7, 11) is 0. The summed E-state index contributed by atoms with van der Waals surface area (Å²) in [5.74, 6) is 0. The molecule has 4 heteroatoms. The van der Waals surface area contributed by atoms with Crippen molar-refractivity contribution in [2.24, 2.45) is 0 Å². The summed E-state index contributed by atoms with van der Waals surface area (Å²) in [5.41, 5.74) is 9.73. The van der Waals surface area contributed by atoms with Gasteiger partial charge in [-0.15, -0.1) is 0 Å². The molecule has 0 aliphatic rings. The molecule has 3 N–H and O–H groups in total. The summed E-state index contributed by atoms with van der Waals surface area (Å²) in [6.07, 6.45) is 7.64. The van der Waals surface area contributed by atoms with Crippen molar-refractivity contribution in [2.75, 3.05) is 13.1 Å². The topological polar surface area (TPSA) is 60.9 Å². The number of rotatable bonds is 10. The van der Waals surface area contributed by atoms with Crippen LogP contribution in [0.1, 0.15) is 53.7 Å². The third-order valence-electron chi connectivity index (χ3n) is 6.29. The second kappa shape index (κ2) is 10.8.